The highest BCUT2D eigenvalue weighted by Gasteiger charge is 2.46. The van der Waals surface area contributed by atoms with Crippen LogP contribution in [0, 0.1) is 0 Å². The molecule has 0 aliphatic carbocycles. The largest absolute Gasteiger partial charge is 0.507 e. The van der Waals surface area contributed by atoms with Gasteiger partial charge in [0.2, 0.25) is 0 Å². The number of carbonyl (C=O) groups excluding carboxylic acids is 2. The number of rotatable bonds is 9. The van der Waals surface area contributed by atoms with E-state index < -0.39 is 17.7 Å². The monoisotopic (exact) mass is 498 g/mol. The number of hydrogen-bond donors (Lipinski definition) is 1. The van der Waals surface area contributed by atoms with E-state index in [1.165, 1.54) is 0 Å². The Labute approximate surface area is 210 Å². The van der Waals surface area contributed by atoms with Gasteiger partial charge in [-0.1, -0.05) is 37.1 Å². The van der Waals surface area contributed by atoms with Crippen molar-refractivity contribution in [3.05, 3.63) is 70.3 Å². The number of ketones is 1. The summed E-state index contributed by atoms with van der Waals surface area (Å²) in [6.45, 7) is 6.58. The van der Waals surface area contributed by atoms with Crippen LogP contribution < -0.4 is 4.74 Å². The number of amides is 1. The molecule has 2 heterocycles. The van der Waals surface area contributed by atoms with Gasteiger partial charge in [0.25, 0.3) is 11.7 Å². The van der Waals surface area contributed by atoms with Gasteiger partial charge in [0.15, 0.2) is 0 Å². The minimum Gasteiger partial charge on any atom is -0.507 e. The normalized spacial score (nSPS) is 20.4. The van der Waals surface area contributed by atoms with Crippen LogP contribution in [0.1, 0.15) is 36.9 Å². The predicted molar refractivity (Wildman–Crippen MR) is 135 cm³/mol. The van der Waals surface area contributed by atoms with Gasteiger partial charge in [0.05, 0.1) is 31.4 Å². The first-order valence-corrected chi connectivity index (χ1v) is 12.4. The summed E-state index contributed by atoms with van der Waals surface area (Å²) in [6.07, 6.45) is 2.01. The van der Waals surface area contributed by atoms with Crippen LogP contribution in [0.5, 0.6) is 5.75 Å². The smallest absolute Gasteiger partial charge is 0.295 e. The first kappa shape index (κ1) is 25.2. The maximum Gasteiger partial charge on any atom is 0.295 e. The molecule has 2 aliphatic heterocycles. The summed E-state index contributed by atoms with van der Waals surface area (Å²) in [4.78, 5) is 30.1. The Hall–Kier alpha value is -2.87. The fraction of sp³-hybridized carbons (Fsp3) is 0.407. The second-order valence-electron chi connectivity index (χ2n) is 8.72. The first-order valence-electron chi connectivity index (χ1n) is 12.1. The maximum absolute atomic E-state index is 13.2. The average molecular weight is 499 g/mol. The summed E-state index contributed by atoms with van der Waals surface area (Å²) in [5, 5.41) is 11.7. The number of hydrogen-bond acceptors (Lipinski definition) is 6. The van der Waals surface area contributed by atoms with Crippen molar-refractivity contribution >= 4 is 29.1 Å². The average Bonchev–Trinajstić information content (AvgIpc) is 3.13. The van der Waals surface area contributed by atoms with E-state index in [1.54, 1.807) is 29.2 Å². The molecule has 8 heteroatoms. The van der Waals surface area contributed by atoms with Crippen molar-refractivity contribution in [2.24, 2.45) is 0 Å². The quantitative estimate of drug-likeness (QED) is 0.241. The molecule has 0 saturated carbocycles. The van der Waals surface area contributed by atoms with Crippen LogP contribution in [0.2, 0.25) is 5.02 Å². The number of Topliss-reactive ketones (excluding diaryl/α,β-unsaturated/α-hetero) is 1. The number of benzene rings is 2. The van der Waals surface area contributed by atoms with E-state index in [2.05, 4.69) is 11.8 Å². The molecular formula is C27H31ClN2O5. The number of morpholine rings is 1. The second-order valence-corrected chi connectivity index (χ2v) is 9.16. The van der Waals surface area contributed by atoms with Gasteiger partial charge in [-0.15, -0.1) is 0 Å². The number of aliphatic hydroxyl groups is 1. The zero-order valence-electron chi connectivity index (χ0n) is 19.9. The SMILES string of the molecule is CCCCOc1ccc(C2/C(=C(/O)c3ccc(Cl)cc3)C(=O)C(=O)N2CCN2CCOCC2)cc1. The molecule has 7 nitrogen and oxygen atoms in total. The van der Waals surface area contributed by atoms with Crippen LogP contribution in [0.3, 0.4) is 0 Å². The van der Waals surface area contributed by atoms with E-state index in [9.17, 15) is 14.7 Å². The van der Waals surface area contributed by atoms with Gasteiger partial charge in [-0.2, -0.15) is 0 Å². The van der Waals surface area contributed by atoms with Crippen molar-refractivity contribution < 1.29 is 24.2 Å². The molecular weight excluding hydrogens is 468 g/mol. The van der Waals surface area contributed by atoms with Gasteiger partial charge in [-0.05, 0) is 48.4 Å². The van der Waals surface area contributed by atoms with Crippen molar-refractivity contribution in [2.45, 2.75) is 25.8 Å². The molecule has 1 N–H and O–H groups in total. The lowest BCUT2D eigenvalue weighted by atomic mass is 9.95. The lowest BCUT2D eigenvalue weighted by molar-refractivity contribution is -0.140. The van der Waals surface area contributed by atoms with E-state index >= 15 is 0 Å². The van der Waals surface area contributed by atoms with Crippen molar-refractivity contribution in [1.82, 2.24) is 9.80 Å². The summed E-state index contributed by atoms with van der Waals surface area (Å²) < 4.78 is 11.2. The minimum absolute atomic E-state index is 0.0824. The number of aliphatic hydroxyl groups excluding tert-OH is 1. The van der Waals surface area contributed by atoms with Crippen molar-refractivity contribution in [3.63, 3.8) is 0 Å². The number of halogens is 1. The van der Waals surface area contributed by atoms with E-state index in [0.717, 1.165) is 37.2 Å². The van der Waals surface area contributed by atoms with Crippen molar-refractivity contribution in [3.8, 4) is 5.75 Å². The maximum atomic E-state index is 13.2. The van der Waals surface area contributed by atoms with Crippen LogP contribution >= 0.6 is 11.6 Å². The first-order chi connectivity index (χ1) is 17.0. The van der Waals surface area contributed by atoms with Crippen molar-refractivity contribution in [1.29, 1.82) is 0 Å². The number of ether oxygens (including phenoxy) is 2. The summed E-state index contributed by atoms with van der Waals surface area (Å²) in [6, 6.07) is 13.3. The Kier molecular flexibility index (Phi) is 8.44. The topological polar surface area (TPSA) is 79.3 Å². The predicted octanol–water partition coefficient (Wildman–Crippen LogP) is 4.27. The fourth-order valence-corrected chi connectivity index (χ4v) is 4.50. The molecule has 186 valence electrons. The summed E-state index contributed by atoms with van der Waals surface area (Å²) >= 11 is 6.00. The lowest BCUT2D eigenvalue weighted by Gasteiger charge is -2.31. The highest BCUT2D eigenvalue weighted by molar-refractivity contribution is 6.46. The van der Waals surface area contributed by atoms with E-state index in [1.807, 2.05) is 24.3 Å². The number of nitrogens with zero attached hydrogens (tertiary/aromatic N) is 2. The lowest BCUT2D eigenvalue weighted by Crippen LogP contribution is -2.42. The van der Waals surface area contributed by atoms with Gasteiger partial charge < -0.3 is 19.5 Å². The third-order valence-corrected chi connectivity index (χ3v) is 6.63. The summed E-state index contributed by atoms with van der Waals surface area (Å²) in [5.41, 5.74) is 1.26. The fourth-order valence-electron chi connectivity index (χ4n) is 4.38. The Bertz CT molecular complexity index is 1060. The molecule has 35 heavy (non-hydrogen) atoms. The van der Waals surface area contributed by atoms with E-state index in [-0.39, 0.29) is 11.3 Å². The van der Waals surface area contributed by atoms with Crippen LogP contribution in [-0.2, 0) is 14.3 Å². The molecule has 0 spiro atoms. The van der Waals surface area contributed by atoms with Gasteiger partial charge in [0.1, 0.15) is 11.5 Å². The number of likely N-dealkylation sites (tertiary alicyclic amines) is 1. The van der Waals surface area contributed by atoms with Crippen LogP contribution in [0.15, 0.2) is 54.1 Å². The summed E-state index contributed by atoms with van der Waals surface area (Å²) in [7, 11) is 0. The van der Waals surface area contributed by atoms with Gasteiger partial charge in [-0.25, -0.2) is 0 Å². The van der Waals surface area contributed by atoms with E-state index in [0.29, 0.717) is 43.5 Å². The van der Waals surface area contributed by atoms with Crippen LogP contribution in [0.4, 0.5) is 0 Å². The van der Waals surface area contributed by atoms with Gasteiger partial charge in [0, 0.05) is 36.8 Å². The van der Waals surface area contributed by atoms with Crippen LogP contribution in [0.25, 0.3) is 5.76 Å². The molecule has 2 aromatic rings. The molecule has 1 unspecified atom stereocenters. The van der Waals surface area contributed by atoms with Crippen LogP contribution in [-0.4, -0.2) is 72.6 Å². The van der Waals surface area contributed by atoms with Gasteiger partial charge >= 0.3 is 0 Å². The molecule has 1 amide bonds. The zero-order chi connectivity index (χ0) is 24.8. The molecule has 2 aromatic carbocycles. The molecule has 2 fully saturated rings. The van der Waals surface area contributed by atoms with Crippen molar-refractivity contribution in [2.75, 3.05) is 46.0 Å². The molecule has 2 aliphatic rings. The zero-order valence-corrected chi connectivity index (χ0v) is 20.7. The Balaban J connectivity index is 1.67. The minimum atomic E-state index is -0.698. The van der Waals surface area contributed by atoms with Gasteiger partial charge in [-0.3, -0.25) is 14.5 Å². The Morgan fingerprint density at radius 1 is 1.06 bits per heavy atom. The third kappa shape index (κ3) is 5.86. The molecule has 0 aromatic heterocycles. The van der Waals surface area contributed by atoms with E-state index in [4.69, 9.17) is 21.1 Å². The number of carbonyl (C=O) groups is 2. The Morgan fingerprint density at radius 2 is 1.74 bits per heavy atom. The highest BCUT2D eigenvalue weighted by Crippen LogP contribution is 2.39. The molecule has 0 radical (unpaired) electrons. The molecule has 1 atom stereocenters. The molecule has 0 bridgehead atoms. The number of unbranched alkanes of at least 4 members (excludes halogenated alkanes) is 1. The summed E-state index contributed by atoms with van der Waals surface area (Å²) in [5.74, 6) is -0.776. The Morgan fingerprint density at radius 3 is 2.40 bits per heavy atom. The standard InChI is InChI=1S/C27H31ClN2O5/c1-2-3-16-35-22-10-6-19(7-11-22)24-23(25(31)20-4-8-21(28)9-5-20)26(32)27(33)30(24)13-12-29-14-17-34-18-15-29/h4-11,24,31H,2-3,12-18H2,1H3/b25-23-. The molecule has 2 saturated heterocycles. The highest BCUT2D eigenvalue weighted by atomic mass is 35.5. The molecule has 4 rings (SSSR count). The second kappa shape index (κ2) is 11.7. The third-order valence-electron chi connectivity index (χ3n) is 6.38.